The lowest BCUT2D eigenvalue weighted by Gasteiger charge is -2.08. The van der Waals surface area contributed by atoms with Crippen molar-refractivity contribution in [3.63, 3.8) is 0 Å². The smallest absolute Gasteiger partial charge is 0.270 e. The predicted molar refractivity (Wildman–Crippen MR) is 81.1 cm³/mol. The van der Waals surface area contributed by atoms with E-state index in [4.69, 9.17) is 4.74 Å². The van der Waals surface area contributed by atoms with E-state index in [2.05, 4.69) is 29.5 Å². The van der Waals surface area contributed by atoms with E-state index >= 15 is 0 Å². The maximum atomic E-state index is 11.9. The molecule has 1 heterocycles. The molecule has 0 aliphatic carbocycles. The SMILES string of the molecule is CCCCOCCNC(=O)c1cc(NCCC)ccn1. The van der Waals surface area contributed by atoms with E-state index < -0.39 is 0 Å². The van der Waals surface area contributed by atoms with Gasteiger partial charge in [-0.2, -0.15) is 0 Å². The Morgan fingerprint density at radius 3 is 2.85 bits per heavy atom. The first-order chi connectivity index (χ1) is 9.77. The third-order valence-electron chi connectivity index (χ3n) is 2.75. The summed E-state index contributed by atoms with van der Waals surface area (Å²) in [5.41, 5.74) is 1.35. The maximum absolute atomic E-state index is 11.9. The van der Waals surface area contributed by atoms with Gasteiger partial charge in [0, 0.05) is 31.6 Å². The van der Waals surface area contributed by atoms with Gasteiger partial charge < -0.3 is 15.4 Å². The first kappa shape index (κ1) is 16.4. The molecular weight excluding hydrogens is 254 g/mol. The average molecular weight is 279 g/mol. The van der Waals surface area contributed by atoms with Crippen LogP contribution in [0.4, 0.5) is 5.69 Å². The van der Waals surface area contributed by atoms with Crippen LogP contribution in [-0.4, -0.2) is 37.2 Å². The molecular formula is C15H25N3O2. The van der Waals surface area contributed by atoms with Gasteiger partial charge in [0.05, 0.1) is 6.61 Å². The van der Waals surface area contributed by atoms with Crippen LogP contribution in [0.25, 0.3) is 0 Å². The largest absolute Gasteiger partial charge is 0.385 e. The molecule has 0 atom stereocenters. The lowest BCUT2D eigenvalue weighted by molar-refractivity contribution is 0.0908. The first-order valence-electron chi connectivity index (χ1n) is 7.33. The van der Waals surface area contributed by atoms with Gasteiger partial charge in [0.15, 0.2) is 0 Å². The predicted octanol–water partition coefficient (Wildman–Crippen LogP) is 2.45. The van der Waals surface area contributed by atoms with Gasteiger partial charge in [0.25, 0.3) is 5.91 Å². The van der Waals surface area contributed by atoms with Crippen molar-refractivity contribution in [3.8, 4) is 0 Å². The van der Waals surface area contributed by atoms with Crippen molar-refractivity contribution in [1.29, 1.82) is 0 Å². The molecule has 1 rings (SSSR count). The van der Waals surface area contributed by atoms with Crippen LogP contribution in [0.3, 0.4) is 0 Å². The number of carbonyl (C=O) groups excluding carboxylic acids is 1. The number of nitrogens with zero attached hydrogens (tertiary/aromatic N) is 1. The third-order valence-corrected chi connectivity index (χ3v) is 2.75. The minimum absolute atomic E-state index is 0.163. The van der Waals surface area contributed by atoms with Gasteiger partial charge in [0.1, 0.15) is 5.69 Å². The lowest BCUT2D eigenvalue weighted by atomic mass is 10.3. The van der Waals surface area contributed by atoms with E-state index in [0.29, 0.717) is 18.8 Å². The molecule has 0 spiro atoms. The lowest BCUT2D eigenvalue weighted by Crippen LogP contribution is -2.28. The highest BCUT2D eigenvalue weighted by Crippen LogP contribution is 2.07. The summed E-state index contributed by atoms with van der Waals surface area (Å²) in [4.78, 5) is 16.0. The Kier molecular flexibility index (Phi) is 8.38. The molecule has 0 aliphatic rings. The Hall–Kier alpha value is -1.62. The Bertz CT molecular complexity index is 396. The van der Waals surface area contributed by atoms with Crippen LogP contribution < -0.4 is 10.6 Å². The number of ether oxygens (including phenoxy) is 1. The summed E-state index contributed by atoms with van der Waals surface area (Å²) in [5.74, 6) is -0.163. The summed E-state index contributed by atoms with van der Waals surface area (Å²) in [5, 5.41) is 6.04. The minimum atomic E-state index is -0.163. The zero-order valence-corrected chi connectivity index (χ0v) is 12.4. The molecule has 5 nitrogen and oxygen atoms in total. The van der Waals surface area contributed by atoms with E-state index in [1.807, 2.05) is 6.07 Å². The molecule has 0 saturated carbocycles. The van der Waals surface area contributed by atoms with Gasteiger partial charge in [-0.1, -0.05) is 20.3 Å². The molecule has 0 radical (unpaired) electrons. The molecule has 0 aromatic carbocycles. The van der Waals surface area contributed by atoms with Crippen LogP contribution in [-0.2, 0) is 4.74 Å². The number of unbranched alkanes of at least 4 members (excludes halogenated alkanes) is 1. The van der Waals surface area contributed by atoms with Crippen molar-refractivity contribution >= 4 is 11.6 Å². The van der Waals surface area contributed by atoms with Crippen molar-refractivity contribution in [3.05, 3.63) is 24.0 Å². The molecule has 20 heavy (non-hydrogen) atoms. The fraction of sp³-hybridized carbons (Fsp3) is 0.600. The van der Waals surface area contributed by atoms with Gasteiger partial charge in [-0.15, -0.1) is 0 Å². The zero-order chi connectivity index (χ0) is 14.6. The Balaban J connectivity index is 2.31. The summed E-state index contributed by atoms with van der Waals surface area (Å²) >= 11 is 0. The fourth-order valence-electron chi connectivity index (χ4n) is 1.61. The maximum Gasteiger partial charge on any atom is 0.270 e. The van der Waals surface area contributed by atoms with Crippen molar-refractivity contribution in [2.75, 3.05) is 31.6 Å². The van der Waals surface area contributed by atoms with E-state index in [0.717, 1.165) is 38.1 Å². The van der Waals surface area contributed by atoms with Gasteiger partial charge in [0.2, 0.25) is 0 Å². The molecule has 1 amide bonds. The number of anilines is 1. The van der Waals surface area contributed by atoms with E-state index in [-0.39, 0.29) is 5.91 Å². The average Bonchev–Trinajstić information content (AvgIpc) is 2.48. The highest BCUT2D eigenvalue weighted by Gasteiger charge is 2.06. The summed E-state index contributed by atoms with van der Waals surface area (Å²) in [6.45, 7) is 6.91. The number of hydrogen-bond donors (Lipinski definition) is 2. The number of nitrogens with one attached hydrogen (secondary N) is 2. The number of hydrogen-bond acceptors (Lipinski definition) is 4. The van der Waals surface area contributed by atoms with Gasteiger partial charge in [-0.25, -0.2) is 0 Å². The fourth-order valence-corrected chi connectivity index (χ4v) is 1.61. The molecule has 0 unspecified atom stereocenters. The zero-order valence-electron chi connectivity index (χ0n) is 12.4. The molecule has 1 aromatic rings. The monoisotopic (exact) mass is 279 g/mol. The van der Waals surface area contributed by atoms with Gasteiger partial charge in [-0.05, 0) is 25.0 Å². The van der Waals surface area contributed by atoms with Crippen molar-refractivity contribution in [1.82, 2.24) is 10.3 Å². The summed E-state index contributed by atoms with van der Waals surface area (Å²) in [6, 6.07) is 3.63. The second-order valence-electron chi connectivity index (χ2n) is 4.58. The number of pyridine rings is 1. The molecule has 2 N–H and O–H groups in total. The van der Waals surface area contributed by atoms with Crippen molar-refractivity contribution in [2.24, 2.45) is 0 Å². The number of amides is 1. The second-order valence-corrected chi connectivity index (χ2v) is 4.58. The molecule has 1 aromatic heterocycles. The van der Waals surface area contributed by atoms with Crippen molar-refractivity contribution < 1.29 is 9.53 Å². The Morgan fingerprint density at radius 2 is 2.10 bits per heavy atom. The van der Waals surface area contributed by atoms with Crippen LogP contribution in [0.15, 0.2) is 18.3 Å². The summed E-state index contributed by atoms with van der Waals surface area (Å²) in [7, 11) is 0. The van der Waals surface area contributed by atoms with Crippen LogP contribution in [0.1, 0.15) is 43.6 Å². The highest BCUT2D eigenvalue weighted by molar-refractivity contribution is 5.93. The first-order valence-corrected chi connectivity index (χ1v) is 7.33. The summed E-state index contributed by atoms with van der Waals surface area (Å²) < 4.78 is 5.39. The topological polar surface area (TPSA) is 63.2 Å². The van der Waals surface area contributed by atoms with Crippen molar-refractivity contribution in [2.45, 2.75) is 33.1 Å². The van der Waals surface area contributed by atoms with Crippen LogP contribution >= 0.6 is 0 Å². The molecule has 5 heteroatoms. The normalized spacial score (nSPS) is 10.3. The highest BCUT2D eigenvalue weighted by atomic mass is 16.5. The quantitative estimate of drug-likeness (QED) is 0.646. The molecule has 0 aliphatic heterocycles. The molecule has 0 saturated heterocycles. The molecule has 0 bridgehead atoms. The number of aromatic nitrogens is 1. The van der Waals surface area contributed by atoms with Crippen LogP contribution in [0, 0.1) is 0 Å². The number of rotatable bonds is 10. The van der Waals surface area contributed by atoms with Gasteiger partial charge in [-0.3, -0.25) is 9.78 Å². The van der Waals surface area contributed by atoms with E-state index in [1.54, 1.807) is 12.3 Å². The third kappa shape index (κ3) is 6.52. The van der Waals surface area contributed by atoms with E-state index in [1.165, 1.54) is 0 Å². The Labute approximate surface area is 121 Å². The summed E-state index contributed by atoms with van der Waals surface area (Å²) in [6.07, 6.45) is 4.86. The minimum Gasteiger partial charge on any atom is -0.385 e. The Morgan fingerprint density at radius 1 is 1.25 bits per heavy atom. The van der Waals surface area contributed by atoms with Crippen LogP contribution in [0.2, 0.25) is 0 Å². The standard InChI is InChI=1S/C15H25N3O2/c1-3-5-10-20-11-9-18-15(19)14-12-13(6-8-17-14)16-7-4-2/h6,8,12H,3-5,7,9-11H2,1-2H3,(H,16,17)(H,18,19). The molecule has 0 fully saturated rings. The second kappa shape index (κ2) is 10.2. The molecule has 112 valence electrons. The van der Waals surface area contributed by atoms with Crippen LogP contribution in [0.5, 0.6) is 0 Å². The van der Waals surface area contributed by atoms with E-state index in [9.17, 15) is 4.79 Å². The number of carbonyl (C=O) groups is 1. The van der Waals surface area contributed by atoms with Gasteiger partial charge >= 0.3 is 0 Å².